The number of nitro benzene ring substituents is 1. The van der Waals surface area contributed by atoms with Crippen molar-refractivity contribution in [3.8, 4) is 5.75 Å². The molecule has 0 amide bonds. The van der Waals surface area contributed by atoms with E-state index in [1.807, 2.05) is 12.1 Å². The maximum Gasteiger partial charge on any atom is 0.416 e. The quantitative estimate of drug-likeness (QED) is 0.184. The second-order valence-corrected chi connectivity index (χ2v) is 6.96. The molecule has 0 saturated heterocycles. The van der Waals surface area contributed by atoms with Gasteiger partial charge >= 0.3 is 12.1 Å². The van der Waals surface area contributed by atoms with Crippen LogP contribution < -0.4 is 4.74 Å². The molecule has 0 bridgehead atoms. The number of halogens is 3. The molecule has 2 aromatic rings. The number of aryl methyl sites for hydroxylation is 1. The number of benzene rings is 2. The van der Waals surface area contributed by atoms with Gasteiger partial charge in [-0.3, -0.25) is 14.9 Å². The SMILES string of the molecule is CCCCc1ccc(OC(=O)CSc2ccc(C(F)(F)F)cc2[N+](=O)[O-])cc1. The summed E-state index contributed by atoms with van der Waals surface area (Å²) in [5, 5.41) is 11.1. The molecule has 0 radical (unpaired) electrons. The minimum atomic E-state index is -4.68. The molecule has 0 aliphatic rings. The number of esters is 1. The molecule has 9 heteroatoms. The van der Waals surface area contributed by atoms with Gasteiger partial charge in [-0.05, 0) is 42.7 Å². The molecule has 0 atom stereocenters. The maximum atomic E-state index is 12.7. The van der Waals surface area contributed by atoms with Crippen molar-refractivity contribution in [3.05, 3.63) is 63.7 Å². The highest BCUT2D eigenvalue weighted by Gasteiger charge is 2.33. The standard InChI is InChI=1S/C19H18F3NO4S/c1-2-3-4-13-5-8-15(9-6-13)27-18(24)12-28-17-10-7-14(19(20,21)22)11-16(17)23(25)26/h5-11H,2-4,12H2,1H3. The van der Waals surface area contributed by atoms with Crippen molar-refractivity contribution in [1.82, 2.24) is 0 Å². The molecule has 0 fully saturated rings. The predicted molar refractivity (Wildman–Crippen MR) is 99.5 cm³/mol. The van der Waals surface area contributed by atoms with Gasteiger partial charge in [-0.25, -0.2) is 0 Å². The first kappa shape index (κ1) is 21.7. The summed E-state index contributed by atoms with van der Waals surface area (Å²) < 4.78 is 43.3. The van der Waals surface area contributed by atoms with Crippen LogP contribution in [0.3, 0.4) is 0 Å². The number of rotatable bonds is 8. The first-order chi connectivity index (χ1) is 13.2. The van der Waals surface area contributed by atoms with Gasteiger partial charge in [-0.1, -0.05) is 25.5 Å². The number of nitro groups is 1. The van der Waals surface area contributed by atoms with E-state index < -0.39 is 28.3 Å². The van der Waals surface area contributed by atoms with E-state index in [0.29, 0.717) is 11.8 Å². The normalized spacial score (nSPS) is 11.3. The summed E-state index contributed by atoms with van der Waals surface area (Å²) in [5.41, 5.74) is -0.696. The van der Waals surface area contributed by atoms with Crippen LogP contribution >= 0.6 is 11.8 Å². The maximum absolute atomic E-state index is 12.7. The summed E-state index contributed by atoms with van der Waals surface area (Å²) in [5.74, 6) is -0.586. The lowest BCUT2D eigenvalue weighted by molar-refractivity contribution is -0.388. The Morgan fingerprint density at radius 3 is 2.43 bits per heavy atom. The van der Waals surface area contributed by atoms with Crippen LogP contribution in [0.4, 0.5) is 18.9 Å². The Labute approximate surface area is 164 Å². The number of carbonyl (C=O) groups excluding carboxylic acids is 1. The van der Waals surface area contributed by atoms with Crippen molar-refractivity contribution in [1.29, 1.82) is 0 Å². The van der Waals surface area contributed by atoms with E-state index in [1.165, 1.54) is 0 Å². The number of carbonyl (C=O) groups is 1. The van der Waals surface area contributed by atoms with Crippen LogP contribution in [0.15, 0.2) is 47.4 Å². The van der Waals surface area contributed by atoms with Crippen LogP contribution in [-0.2, 0) is 17.4 Å². The summed E-state index contributed by atoms with van der Waals surface area (Å²) in [6.45, 7) is 2.09. The predicted octanol–water partition coefficient (Wildman–Crippen LogP) is 5.65. The van der Waals surface area contributed by atoms with E-state index in [1.54, 1.807) is 12.1 Å². The Kier molecular flexibility index (Phi) is 7.45. The van der Waals surface area contributed by atoms with Crippen LogP contribution in [0.2, 0.25) is 0 Å². The van der Waals surface area contributed by atoms with Crippen molar-refractivity contribution in [2.24, 2.45) is 0 Å². The topological polar surface area (TPSA) is 69.4 Å². The molecule has 0 spiro atoms. The van der Waals surface area contributed by atoms with Gasteiger partial charge < -0.3 is 4.74 Å². The van der Waals surface area contributed by atoms with E-state index in [0.717, 1.165) is 48.7 Å². The second-order valence-electron chi connectivity index (χ2n) is 5.95. The van der Waals surface area contributed by atoms with Crippen molar-refractivity contribution < 1.29 is 27.6 Å². The third-order valence-electron chi connectivity index (χ3n) is 3.80. The number of alkyl halides is 3. The zero-order chi connectivity index (χ0) is 20.7. The molecule has 28 heavy (non-hydrogen) atoms. The molecule has 2 aromatic carbocycles. The molecular weight excluding hydrogens is 395 g/mol. The van der Waals surface area contributed by atoms with Crippen LogP contribution in [0.1, 0.15) is 30.9 Å². The number of thioether (sulfide) groups is 1. The average molecular weight is 413 g/mol. The van der Waals surface area contributed by atoms with Crippen molar-refractivity contribution in [2.45, 2.75) is 37.3 Å². The van der Waals surface area contributed by atoms with Gasteiger partial charge in [-0.15, -0.1) is 11.8 Å². The molecule has 150 valence electrons. The largest absolute Gasteiger partial charge is 0.426 e. The summed E-state index contributed by atoms with van der Waals surface area (Å²) >= 11 is 0.753. The lowest BCUT2D eigenvalue weighted by Crippen LogP contribution is -2.11. The molecule has 5 nitrogen and oxygen atoms in total. The van der Waals surface area contributed by atoms with Crippen molar-refractivity contribution in [2.75, 3.05) is 5.75 Å². The fraction of sp³-hybridized carbons (Fsp3) is 0.316. The number of unbranched alkanes of at least 4 members (excludes halogenated alkanes) is 1. The summed E-state index contributed by atoms with van der Waals surface area (Å²) in [4.78, 5) is 22.1. The van der Waals surface area contributed by atoms with Crippen LogP contribution in [0, 0.1) is 10.1 Å². The van der Waals surface area contributed by atoms with Gasteiger partial charge in [0.05, 0.1) is 21.1 Å². The van der Waals surface area contributed by atoms with Gasteiger partial charge in [0, 0.05) is 6.07 Å². The first-order valence-corrected chi connectivity index (χ1v) is 9.47. The molecule has 0 N–H and O–H groups in total. The Hall–Kier alpha value is -2.55. The molecule has 0 aliphatic carbocycles. The zero-order valence-electron chi connectivity index (χ0n) is 15.0. The molecule has 0 unspecified atom stereocenters. The molecule has 0 aliphatic heterocycles. The number of ether oxygens (including phenoxy) is 1. The highest BCUT2D eigenvalue weighted by Crippen LogP contribution is 2.36. The molecule has 2 rings (SSSR count). The Morgan fingerprint density at radius 2 is 1.86 bits per heavy atom. The molecular formula is C19H18F3NO4S. The van der Waals surface area contributed by atoms with Crippen LogP contribution in [-0.4, -0.2) is 16.6 Å². The van der Waals surface area contributed by atoms with E-state index in [-0.39, 0.29) is 10.6 Å². The minimum absolute atomic E-state index is 0.0372. The van der Waals surface area contributed by atoms with Crippen molar-refractivity contribution in [3.63, 3.8) is 0 Å². The van der Waals surface area contributed by atoms with E-state index in [2.05, 4.69) is 6.92 Å². The third-order valence-corrected chi connectivity index (χ3v) is 4.84. The van der Waals surface area contributed by atoms with E-state index in [4.69, 9.17) is 4.74 Å². The summed E-state index contributed by atoms with van der Waals surface area (Å²) in [7, 11) is 0. The highest BCUT2D eigenvalue weighted by molar-refractivity contribution is 8.00. The smallest absolute Gasteiger partial charge is 0.416 e. The fourth-order valence-electron chi connectivity index (χ4n) is 2.36. The highest BCUT2D eigenvalue weighted by atomic mass is 32.2. The van der Waals surface area contributed by atoms with Gasteiger partial charge in [0.1, 0.15) is 5.75 Å². The van der Waals surface area contributed by atoms with Crippen molar-refractivity contribution >= 4 is 23.4 Å². The van der Waals surface area contributed by atoms with E-state index >= 15 is 0 Å². The van der Waals surface area contributed by atoms with Gasteiger partial charge in [0.2, 0.25) is 0 Å². The molecule has 0 heterocycles. The Bertz CT molecular complexity index is 838. The number of hydrogen-bond acceptors (Lipinski definition) is 5. The second kappa shape index (κ2) is 9.59. The van der Waals surface area contributed by atoms with Crippen LogP contribution in [0.25, 0.3) is 0 Å². The summed E-state index contributed by atoms with van der Waals surface area (Å²) in [6, 6.07) is 9.22. The zero-order valence-corrected chi connectivity index (χ0v) is 15.8. The van der Waals surface area contributed by atoms with Gasteiger partial charge in [0.25, 0.3) is 5.69 Å². The minimum Gasteiger partial charge on any atom is -0.426 e. The third kappa shape index (κ3) is 6.26. The number of nitrogens with zero attached hydrogens (tertiary/aromatic N) is 1. The fourth-order valence-corrected chi connectivity index (χ4v) is 3.14. The average Bonchev–Trinajstić information content (AvgIpc) is 2.65. The summed E-state index contributed by atoms with van der Waals surface area (Å²) in [6.07, 6.45) is -1.62. The molecule has 0 aromatic heterocycles. The molecule has 0 saturated carbocycles. The van der Waals surface area contributed by atoms with Crippen LogP contribution in [0.5, 0.6) is 5.75 Å². The first-order valence-electron chi connectivity index (χ1n) is 8.48. The lowest BCUT2D eigenvalue weighted by Gasteiger charge is -2.09. The Balaban J connectivity index is 1.99. The van der Waals surface area contributed by atoms with E-state index in [9.17, 15) is 28.1 Å². The van der Waals surface area contributed by atoms with Gasteiger partial charge in [0.15, 0.2) is 0 Å². The number of hydrogen-bond donors (Lipinski definition) is 0. The monoisotopic (exact) mass is 413 g/mol. The lowest BCUT2D eigenvalue weighted by atomic mass is 10.1. The Morgan fingerprint density at radius 1 is 1.18 bits per heavy atom. The van der Waals surface area contributed by atoms with Gasteiger partial charge in [-0.2, -0.15) is 13.2 Å².